The lowest BCUT2D eigenvalue weighted by atomic mass is 10.1. The molecule has 0 radical (unpaired) electrons. The predicted octanol–water partition coefficient (Wildman–Crippen LogP) is 4.75. The van der Waals surface area contributed by atoms with Crippen molar-refractivity contribution in [1.82, 2.24) is 10.2 Å². The highest BCUT2D eigenvalue weighted by Gasteiger charge is 2.34. The van der Waals surface area contributed by atoms with E-state index >= 15 is 0 Å². The second-order valence-corrected chi connectivity index (χ2v) is 12.1. The Morgan fingerprint density at radius 1 is 1.09 bits per heavy atom. The minimum absolute atomic E-state index is 0.0438. The molecule has 1 unspecified atom stereocenters. The van der Waals surface area contributed by atoms with E-state index < -0.39 is 44.0 Å². The first kappa shape index (κ1) is 33.3. The predicted molar refractivity (Wildman–Crippen MR) is 165 cm³/mol. The molecule has 3 aromatic carbocycles. The summed E-state index contributed by atoms with van der Waals surface area (Å²) >= 11 is 6.24. The van der Waals surface area contributed by atoms with Gasteiger partial charge < -0.3 is 15.0 Å². The van der Waals surface area contributed by atoms with Crippen LogP contribution in [0.2, 0.25) is 5.02 Å². The van der Waals surface area contributed by atoms with Crippen molar-refractivity contribution in [1.29, 1.82) is 0 Å². The molecule has 43 heavy (non-hydrogen) atoms. The summed E-state index contributed by atoms with van der Waals surface area (Å²) in [6.07, 6.45) is 1.11. The number of nitrogens with zero attached hydrogens (tertiary/aromatic N) is 3. The van der Waals surface area contributed by atoms with E-state index in [1.807, 2.05) is 37.3 Å². The summed E-state index contributed by atoms with van der Waals surface area (Å²) in [6, 6.07) is 16.2. The standard InChI is InChI=1S/C30H35ClN4O7S/c1-5-16-32-30(37)22(3)33(17-15-23-9-7-6-8-10-23)29(36)20-34(27-18-24(31)12-14-28(27)42-4)43(40,41)25-13-11-21(2)26(19-25)35(38)39/h6-14,18-19,22H,5,15-17,20H2,1-4H3,(H,32,37). The Bertz CT molecular complexity index is 1570. The second kappa shape index (κ2) is 14.8. The third-order valence-electron chi connectivity index (χ3n) is 6.85. The Balaban J connectivity index is 2.10. The molecule has 0 heterocycles. The van der Waals surface area contributed by atoms with Crippen LogP contribution in [0.5, 0.6) is 5.75 Å². The Morgan fingerprint density at radius 3 is 2.42 bits per heavy atom. The number of amides is 2. The van der Waals surface area contributed by atoms with Gasteiger partial charge in [-0.05, 0) is 56.5 Å². The second-order valence-electron chi connectivity index (χ2n) is 9.82. The number of nitrogens with one attached hydrogen (secondary N) is 1. The molecule has 0 aromatic heterocycles. The van der Waals surface area contributed by atoms with Crippen molar-refractivity contribution in [3.63, 3.8) is 0 Å². The van der Waals surface area contributed by atoms with Crippen LogP contribution in [0.1, 0.15) is 31.4 Å². The number of nitro benzene ring substituents is 1. The van der Waals surface area contributed by atoms with E-state index in [1.165, 1.54) is 49.3 Å². The molecule has 3 aromatic rings. The topological polar surface area (TPSA) is 139 Å². The molecule has 1 N–H and O–H groups in total. The van der Waals surface area contributed by atoms with Gasteiger partial charge in [-0.3, -0.25) is 24.0 Å². The molecule has 230 valence electrons. The molecule has 1 atom stereocenters. The smallest absolute Gasteiger partial charge is 0.273 e. The number of nitro groups is 1. The first-order chi connectivity index (χ1) is 20.4. The quantitative estimate of drug-likeness (QED) is 0.200. The van der Waals surface area contributed by atoms with Crippen LogP contribution in [0.3, 0.4) is 0 Å². The number of hydrogen-bond donors (Lipinski definition) is 1. The zero-order chi connectivity index (χ0) is 31.7. The van der Waals surface area contributed by atoms with Crippen molar-refractivity contribution < 1.29 is 27.7 Å². The summed E-state index contributed by atoms with van der Waals surface area (Å²) in [7, 11) is -3.25. The van der Waals surface area contributed by atoms with Crippen LogP contribution in [0.25, 0.3) is 0 Å². The van der Waals surface area contributed by atoms with Crippen molar-refractivity contribution >= 4 is 44.8 Å². The number of ether oxygens (including phenoxy) is 1. The maximum atomic E-state index is 14.1. The molecule has 0 aliphatic heterocycles. The number of rotatable bonds is 14. The number of sulfonamides is 1. The van der Waals surface area contributed by atoms with Gasteiger partial charge in [0.25, 0.3) is 15.7 Å². The number of aryl methyl sites for hydroxylation is 1. The average molecular weight is 631 g/mol. The molecule has 2 amide bonds. The van der Waals surface area contributed by atoms with Crippen molar-refractivity contribution in [3.05, 3.63) is 93.0 Å². The Hall–Kier alpha value is -4.16. The molecular formula is C30H35ClN4O7S. The SMILES string of the molecule is CCCNC(=O)C(C)N(CCc1ccccc1)C(=O)CN(c1cc(Cl)ccc1OC)S(=O)(=O)c1ccc(C)c([N+](=O)[O-])c1. The fourth-order valence-electron chi connectivity index (χ4n) is 4.41. The Labute approximate surface area is 256 Å². The van der Waals surface area contributed by atoms with Gasteiger partial charge in [-0.2, -0.15) is 0 Å². The number of carbonyl (C=O) groups is 2. The van der Waals surface area contributed by atoms with Gasteiger partial charge in [0, 0.05) is 29.7 Å². The van der Waals surface area contributed by atoms with Crippen molar-refractivity contribution in [2.45, 2.75) is 44.6 Å². The molecule has 0 aliphatic rings. The Morgan fingerprint density at radius 2 is 1.79 bits per heavy atom. The lowest BCUT2D eigenvalue weighted by Gasteiger charge is -2.32. The first-order valence-corrected chi connectivity index (χ1v) is 15.4. The summed E-state index contributed by atoms with van der Waals surface area (Å²) in [6.45, 7) is 4.78. The summed E-state index contributed by atoms with van der Waals surface area (Å²) in [5, 5.41) is 14.6. The van der Waals surface area contributed by atoms with Gasteiger partial charge in [-0.1, -0.05) is 54.9 Å². The van der Waals surface area contributed by atoms with E-state index in [0.29, 0.717) is 19.4 Å². The van der Waals surface area contributed by atoms with Gasteiger partial charge >= 0.3 is 0 Å². The molecule has 0 bridgehead atoms. The third-order valence-corrected chi connectivity index (χ3v) is 8.85. The van der Waals surface area contributed by atoms with Crippen LogP contribution in [-0.2, 0) is 26.0 Å². The minimum atomic E-state index is -4.59. The summed E-state index contributed by atoms with van der Waals surface area (Å²) in [5.41, 5.74) is 0.758. The van der Waals surface area contributed by atoms with Crippen LogP contribution >= 0.6 is 11.6 Å². The van der Waals surface area contributed by atoms with Crippen LogP contribution in [0, 0.1) is 17.0 Å². The monoisotopic (exact) mass is 630 g/mol. The van der Waals surface area contributed by atoms with E-state index in [-0.39, 0.29) is 34.5 Å². The molecule has 13 heteroatoms. The number of halogens is 1. The highest BCUT2D eigenvalue weighted by Crippen LogP contribution is 2.36. The highest BCUT2D eigenvalue weighted by atomic mass is 35.5. The van der Waals surface area contributed by atoms with Crippen molar-refractivity contribution in [2.24, 2.45) is 0 Å². The van der Waals surface area contributed by atoms with E-state index in [0.717, 1.165) is 15.9 Å². The fourth-order valence-corrected chi connectivity index (χ4v) is 6.01. The van der Waals surface area contributed by atoms with E-state index in [2.05, 4.69) is 5.32 Å². The van der Waals surface area contributed by atoms with Crippen LogP contribution < -0.4 is 14.4 Å². The Kier molecular flexibility index (Phi) is 11.5. The zero-order valence-corrected chi connectivity index (χ0v) is 26.0. The molecule has 0 fully saturated rings. The van der Waals surface area contributed by atoms with E-state index in [4.69, 9.17) is 16.3 Å². The normalized spacial score (nSPS) is 11.8. The van der Waals surface area contributed by atoms with Gasteiger partial charge in [0.2, 0.25) is 11.8 Å². The van der Waals surface area contributed by atoms with Crippen molar-refractivity contribution in [3.8, 4) is 5.75 Å². The maximum Gasteiger partial charge on any atom is 0.273 e. The number of hydrogen-bond acceptors (Lipinski definition) is 7. The fraction of sp³-hybridized carbons (Fsp3) is 0.333. The largest absolute Gasteiger partial charge is 0.495 e. The van der Waals surface area contributed by atoms with Gasteiger partial charge in [0.1, 0.15) is 18.3 Å². The van der Waals surface area contributed by atoms with Gasteiger partial charge in [0.05, 0.1) is 22.6 Å². The molecule has 0 aliphatic carbocycles. The molecule has 3 rings (SSSR count). The molecule has 0 saturated carbocycles. The highest BCUT2D eigenvalue weighted by molar-refractivity contribution is 7.92. The van der Waals surface area contributed by atoms with E-state index in [9.17, 15) is 28.1 Å². The molecule has 11 nitrogen and oxygen atoms in total. The van der Waals surface area contributed by atoms with E-state index in [1.54, 1.807) is 6.92 Å². The number of carbonyl (C=O) groups excluding carboxylic acids is 2. The van der Waals surface area contributed by atoms with Crippen LogP contribution in [-0.4, -0.2) is 62.8 Å². The summed E-state index contributed by atoms with van der Waals surface area (Å²) < 4.78 is 34.5. The number of methoxy groups -OCH3 is 1. The zero-order valence-electron chi connectivity index (χ0n) is 24.4. The lowest BCUT2D eigenvalue weighted by Crippen LogP contribution is -2.52. The number of anilines is 1. The number of benzene rings is 3. The van der Waals surface area contributed by atoms with Crippen LogP contribution in [0.4, 0.5) is 11.4 Å². The summed E-state index contributed by atoms with van der Waals surface area (Å²) in [5.74, 6) is -0.943. The van der Waals surface area contributed by atoms with Gasteiger partial charge in [-0.15, -0.1) is 0 Å². The first-order valence-electron chi connectivity index (χ1n) is 13.6. The molecule has 0 spiro atoms. The molecule has 0 saturated heterocycles. The lowest BCUT2D eigenvalue weighted by molar-refractivity contribution is -0.385. The van der Waals surface area contributed by atoms with Crippen molar-refractivity contribution in [2.75, 3.05) is 31.0 Å². The molecular weight excluding hydrogens is 596 g/mol. The van der Waals surface area contributed by atoms with Gasteiger partial charge in [0.15, 0.2) is 0 Å². The summed E-state index contributed by atoms with van der Waals surface area (Å²) in [4.78, 5) is 38.9. The average Bonchev–Trinajstić information content (AvgIpc) is 2.98. The van der Waals surface area contributed by atoms with Crippen LogP contribution in [0.15, 0.2) is 71.6 Å². The maximum absolute atomic E-state index is 14.1. The third kappa shape index (κ3) is 8.23. The minimum Gasteiger partial charge on any atom is -0.495 e. The van der Waals surface area contributed by atoms with Gasteiger partial charge in [-0.25, -0.2) is 8.42 Å².